The molecule has 0 heterocycles. The van der Waals surface area contributed by atoms with Crippen LogP contribution >= 0.6 is 11.8 Å². The highest BCUT2D eigenvalue weighted by Gasteiger charge is 2.06. The Labute approximate surface area is 67.4 Å². The van der Waals surface area contributed by atoms with E-state index in [-0.39, 0.29) is 0 Å². The van der Waals surface area contributed by atoms with Gasteiger partial charge in [-0.15, -0.1) is 0 Å². The van der Waals surface area contributed by atoms with Gasteiger partial charge in [-0.2, -0.15) is 11.8 Å². The summed E-state index contributed by atoms with van der Waals surface area (Å²) >= 11 is 2.01. The summed E-state index contributed by atoms with van der Waals surface area (Å²) in [5.74, 6) is 1.21. The highest BCUT2D eigenvalue weighted by atomic mass is 32.2. The average molecular weight is 154 g/mol. The van der Waals surface area contributed by atoms with Crippen LogP contribution in [0.4, 0.5) is 0 Å². The van der Waals surface area contributed by atoms with Crippen LogP contribution in [0, 0.1) is 0 Å². The predicted molar refractivity (Wildman–Crippen MR) is 49.4 cm³/mol. The lowest BCUT2D eigenvalue weighted by Crippen LogP contribution is -1.97. The Morgan fingerprint density at radius 2 is 2.50 bits per heavy atom. The van der Waals surface area contributed by atoms with Crippen molar-refractivity contribution in [2.24, 2.45) is 0 Å². The minimum Gasteiger partial charge on any atom is -0.154 e. The first-order chi connectivity index (χ1) is 4.84. The molecule has 0 N–H and O–H groups in total. The van der Waals surface area contributed by atoms with E-state index in [0.717, 1.165) is 6.42 Å². The van der Waals surface area contributed by atoms with Crippen LogP contribution in [0.25, 0.3) is 0 Å². The molecule has 1 atom stereocenters. The molecular weight excluding hydrogens is 140 g/mol. The van der Waals surface area contributed by atoms with E-state index in [4.69, 9.17) is 0 Å². The lowest BCUT2D eigenvalue weighted by molar-refractivity contribution is 1.17. The number of hydrogen-bond acceptors (Lipinski definition) is 1. The van der Waals surface area contributed by atoms with Gasteiger partial charge in [0.25, 0.3) is 0 Å². The van der Waals surface area contributed by atoms with Gasteiger partial charge in [-0.25, -0.2) is 0 Å². The fourth-order valence-corrected chi connectivity index (χ4v) is 1.99. The normalized spacial score (nSPS) is 19.2. The Balaban J connectivity index is 2.40. The fraction of sp³-hybridized carbons (Fsp3) is 0.556. The zero-order valence-corrected chi connectivity index (χ0v) is 7.45. The maximum absolute atomic E-state index is 2.31. The van der Waals surface area contributed by atoms with Crippen LogP contribution in [0.2, 0.25) is 0 Å². The van der Waals surface area contributed by atoms with Crippen LogP contribution in [-0.4, -0.2) is 11.0 Å². The fourth-order valence-electron chi connectivity index (χ4n) is 1.12. The average Bonchev–Trinajstić information content (AvgIpc) is 2.38. The van der Waals surface area contributed by atoms with Gasteiger partial charge in [0.05, 0.1) is 0 Å². The molecular formula is C9H14S. The van der Waals surface area contributed by atoms with Gasteiger partial charge in [0.2, 0.25) is 0 Å². The Hall–Kier alpha value is -0.170. The largest absolute Gasteiger partial charge is 0.154 e. The van der Waals surface area contributed by atoms with Gasteiger partial charge in [-0.05, 0) is 24.7 Å². The standard InChI is InChI=1S/C9H14S/c1-3-10-8(2)9-6-4-5-7-9/h4,6-8H,3,5H2,1-2H3. The highest BCUT2D eigenvalue weighted by molar-refractivity contribution is 8.00. The Kier molecular flexibility index (Phi) is 3.07. The van der Waals surface area contributed by atoms with E-state index in [9.17, 15) is 0 Å². The minimum atomic E-state index is 0.698. The molecule has 0 fully saturated rings. The molecule has 1 aliphatic rings. The van der Waals surface area contributed by atoms with Crippen molar-refractivity contribution in [2.45, 2.75) is 25.5 Å². The molecule has 0 nitrogen and oxygen atoms in total. The number of hydrogen-bond donors (Lipinski definition) is 0. The zero-order chi connectivity index (χ0) is 7.40. The molecule has 1 heteroatoms. The summed E-state index contributed by atoms with van der Waals surface area (Å²) < 4.78 is 0. The molecule has 0 radical (unpaired) electrons. The van der Waals surface area contributed by atoms with E-state index in [2.05, 4.69) is 32.1 Å². The number of thioether (sulfide) groups is 1. The van der Waals surface area contributed by atoms with Crippen LogP contribution < -0.4 is 0 Å². The summed E-state index contributed by atoms with van der Waals surface area (Å²) in [5, 5.41) is 0.698. The van der Waals surface area contributed by atoms with E-state index < -0.39 is 0 Å². The monoisotopic (exact) mass is 154 g/mol. The molecule has 0 bridgehead atoms. The van der Waals surface area contributed by atoms with Crippen molar-refractivity contribution in [3.63, 3.8) is 0 Å². The Morgan fingerprint density at radius 1 is 1.70 bits per heavy atom. The van der Waals surface area contributed by atoms with Crippen molar-refractivity contribution in [1.29, 1.82) is 0 Å². The van der Waals surface area contributed by atoms with Crippen molar-refractivity contribution in [3.05, 3.63) is 23.8 Å². The molecule has 0 aromatic rings. The van der Waals surface area contributed by atoms with Crippen molar-refractivity contribution in [3.8, 4) is 0 Å². The van der Waals surface area contributed by atoms with Gasteiger partial charge in [-0.1, -0.05) is 25.2 Å². The highest BCUT2D eigenvalue weighted by Crippen LogP contribution is 2.23. The molecule has 0 spiro atoms. The van der Waals surface area contributed by atoms with Crippen LogP contribution in [0.3, 0.4) is 0 Å². The molecule has 0 saturated heterocycles. The molecule has 1 aliphatic carbocycles. The third kappa shape index (κ3) is 1.91. The molecule has 0 aromatic heterocycles. The van der Waals surface area contributed by atoms with E-state index in [1.165, 1.54) is 11.3 Å². The SMILES string of the molecule is CCSC(C)C1=CCC=C1. The Morgan fingerprint density at radius 3 is 3.00 bits per heavy atom. The third-order valence-electron chi connectivity index (χ3n) is 1.69. The van der Waals surface area contributed by atoms with Crippen molar-refractivity contribution in [2.75, 3.05) is 5.75 Å². The van der Waals surface area contributed by atoms with Gasteiger partial charge in [-0.3, -0.25) is 0 Å². The van der Waals surface area contributed by atoms with E-state index in [1.54, 1.807) is 0 Å². The van der Waals surface area contributed by atoms with Crippen LogP contribution in [0.5, 0.6) is 0 Å². The van der Waals surface area contributed by atoms with Gasteiger partial charge >= 0.3 is 0 Å². The minimum absolute atomic E-state index is 0.698. The molecule has 0 aromatic carbocycles. The second-order valence-corrected chi connectivity index (χ2v) is 4.06. The van der Waals surface area contributed by atoms with Gasteiger partial charge in [0, 0.05) is 5.25 Å². The first-order valence-electron chi connectivity index (χ1n) is 3.82. The topological polar surface area (TPSA) is 0 Å². The van der Waals surface area contributed by atoms with Crippen LogP contribution in [0.1, 0.15) is 20.3 Å². The lowest BCUT2D eigenvalue weighted by atomic mass is 10.2. The molecule has 0 aliphatic heterocycles. The molecule has 1 rings (SSSR count). The second-order valence-electron chi connectivity index (χ2n) is 2.44. The Bertz CT molecular complexity index is 156. The summed E-state index contributed by atoms with van der Waals surface area (Å²) in [7, 11) is 0. The van der Waals surface area contributed by atoms with Crippen molar-refractivity contribution >= 4 is 11.8 Å². The van der Waals surface area contributed by atoms with Crippen LogP contribution in [0.15, 0.2) is 23.8 Å². The van der Waals surface area contributed by atoms with Gasteiger partial charge in [0.1, 0.15) is 0 Å². The second kappa shape index (κ2) is 3.87. The van der Waals surface area contributed by atoms with E-state index >= 15 is 0 Å². The van der Waals surface area contributed by atoms with E-state index in [0.29, 0.717) is 5.25 Å². The first-order valence-corrected chi connectivity index (χ1v) is 4.87. The maximum atomic E-state index is 2.31. The molecule has 0 saturated carbocycles. The van der Waals surface area contributed by atoms with Crippen molar-refractivity contribution in [1.82, 2.24) is 0 Å². The molecule has 56 valence electrons. The zero-order valence-electron chi connectivity index (χ0n) is 6.63. The van der Waals surface area contributed by atoms with Crippen LogP contribution in [-0.2, 0) is 0 Å². The molecule has 10 heavy (non-hydrogen) atoms. The maximum Gasteiger partial charge on any atom is 0.0265 e. The third-order valence-corrected chi connectivity index (χ3v) is 2.79. The number of rotatable bonds is 3. The van der Waals surface area contributed by atoms with E-state index in [1.807, 2.05) is 11.8 Å². The summed E-state index contributed by atoms with van der Waals surface area (Å²) in [4.78, 5) is 0. The first kappa shape index (κ1) is 7.93. The molecule has 1 unspecified atom stereocenters. The summed E-state index contributed by atoms with van der Waals surface area (Å²) in [6.07, 6.45) is 7.92. The summed E-state index contributed by atoms with van der Waals surface area (Å²) in [6, 6.07) is 0. The quantitative estimate of drug-likeness (QED) is 0.602. The summed E-state index contributed by atoms with van der Waals surface area (Å²) in [6.45, 7) is 4.48. The smallest absolute Gasteiger partial charge is 0.0265 e. The van der Waals surface area contributed by atoms with Gasteiger partial charge in [0.15, 0.2) is 0 Å². The lowest BCUT2D eigenvalue weighted by Gasteiger charge is -2.08. The van der Waals surface area contributed by atoms with Gasteiger partial charge < -0.3 is 0 Å². The summed E-state index contributed by atoms with van der Waals surface area (Å²) in [5.41, 5.74) is 1.51. The number of allylic oxidation sites excluding steroid dienone is 3. The molecule has 0 amide bonds. The van der Waals surface area contributed by atoms with Crippen molar-refractivity contribution < 1.29 is 0 Å². The predicted octanol–water partition coefficient (Wildman–Crippen LogP) is 3.01.